The molecule has 1 heterocycles. The number of carbonyl (C=O) groups excluding carboxylic acids is 1. The number of nitrogens with one attached hydrogen (secondary N) is 2. The summed E-state index contributed by atoms with van der Waals surface area (Å²) in [5.41, 5.74) is 5.45. The van der Waals surface area contributed by atoms with Crippen LogP contribution in [0, 0.1) is 3.57 Å². The lowest BCUT2D eigenvalue weighted by atomic mass is 10.2. The van der Waals surface area contributed by atoms with Gasteiger partial charge in [-0.1, -0.05) is 6.07 Å². The van der Waals surface area contributed by atoms with E-state index in [0.29, 0.717) is 5.56 Å². The van der Waals surface area contributed by atoms with E-state index in [-0.39, 0.29) is 11.5 Å². The summed E-state index contributed by atoms with van der Waals surface area (Å²) >= 11 is 2.10. The third kappa shape index (κ3) is 2.67. The van der Waals surface area contributed by atoms with Crippen LogP contribution in [0.1, 0.15) is 10.4 Å². The molecular weight excluding hydrogens is 347 g/mol. The molecule has 7 heteroatoms. The number of hydrogen-bond donors (Lipinski definition) is 3. The minimum Gasteiger partial charge on any atom is -0.382 e. The Bertz CT molecular complexity index is 653. The fourth-order valence-electron chi connectivity index (χ4n) is 1.35. The van der Waals surface area contributed by atoms with E-state index in [9.17, 15) is 9.59 Å². The van der Waals surface area contributed by atoms with Crippen molar-refractivity contribution in [3.63, 3.8) is 0 Å². The molecule has 18 heavy (non-hydrogen) atoms. The van der Waals surface area contributed by atoms with Gasteiger partial charge in [0.15, 0.2) is 5.82 Å². The van der Waals surface area contributed by atoms with Gasteiger partial charge in [-0.25, -0.2) is 4.98 Å². The zero-order valence-electron chi connectivity index (χ0n) is 9.11. The fraction of sp³-hybridized carbons (Fsp3) is 0. The summed E-state index contributed by atoms with van der Waals surface area (Å²) < 4.78 is 0.924. The lowest BCUT2D eigenvalue weighted by molar-refractivity contribution is 0.102. The molecule has 1 amide bonds. The van der Waals surface area contributed by atoms with Crippen molar-refractivity contribution < 1.29 is 4.79 Å². The second-order valence-electron chi connectivity index (χ2n) is 3.46. The number of amides is 1. The van der Waals surface area contributed by atoms with Gasteiger partial charge in [-0.2, -0.15) is 0 Å². The highest BCUT2D eigenvalue weighted by molar-refractivity contribution is 14.1. The Morgan fingerprint density at radius 3 is 2.89 bits per heavy atom. The highest BCUT2D eigenvalue weighted by Gasteiger charge is 2.11. The predicted octanol–water partition coefficient (Wildman–Crippen LogP) is 1.21. The Morgan fingerprint density at radius 1 is 1.44 bits per heavy atom. The Hall–Kier alpha value is -1.90. The number of H-pyrrole nitrogens is 1. The van der Waals surface area contributed by atoms with Gasteiger partial charge >= 0.3 is 0 Å². The molecule has 1 aromatic heterocycles. The van der Waals surface area contributed by atoms with Crippen LogP contribution in [-0.2, 0) is 0 Å². The van der Waals surface area contributed by atoms with E-state index in [0.717, 1.165) is 3.57 Å². The number of aromatic amines is 1. The summed E-state index contributed by atoms with van der Waals surface area (Å²) in [7, 11) is 0. The molecule has 92 valence electrons. The van der Waals surface area contributed by atoms with Gasteiger partial charge in [0.2, 0.25) is 0 Å². The molecule has 0 saturated heterocycles. The van der Waals surface area contributed by atoms with Gasteiger partial charge in [-0.3, -0.25) is 9.59 Å². The first-order valence-electron chi connectivity index (χ1n) is 4.98. The van der Waals surface area contributed by atoms with Crippen molar-refractivity contribution in [1.82, 2.24) is 9.97 Å². The van der Waals surface area contributed by atoms with E-state index >= 15 is 0 Å². The second-order valence-corrected chi connectivity index (χ2v) is 4.70. The van der Waals surface area contributed by atoms with Crippen LogP contribution in [-0.4, -0.2) is 15.9 Å². The molecule has 2 aromatic rings. The molecule has 0 bridgehead atoms. The summed E-state index contributed by atoms with van der Waals surface area (Å²) in [5.74, 6) is -0.420. The molecule has 0 spiro atoms. The van der Waals surface area contributed by atoms with Gasteiger partial charge in [0.1, 0.15) is 5.69 Å². The van der Waals surface area contributed by atoms with Crippen molar-refractivity contribution in [1.29, 1.82) is 0 Å². The highest BCUT2D eigenvalue weighted by Crippen LogP contribution is 2.12. The molecule has 0 radical (unpaired) electrons. The van der Waals surface area contributed by atoms with Gasteiger partial charge in [0.05, 0.1) is 6.33 Å². The maximum Gasteiger partial charge on any atom is 0.276 e. The monoisotopic (exact) mass is 356 g/mol. The molecule has 0 aliphatic heterocycles. The normalized spacial score (nSPS) is 10.1. The molecule has 0 unspecified atom stereocenters. The number of aromatic nitrogens is 2. The minimum atomic E-state index is -0.485. The number of rotatable bonds is 2. The number of anilines is 2. The van der Waals surface area contributed by atoms with E-state index in [1.54, 1.807) is 18.2 Å². The molecule has 0 aliphatic carbocycles. The van der Waals surface area contributed by atoms with Crippen LogP contribution >= 0.6 is 22.6 Å². The van der Waals surface area contributed by atoms with Crippen LogP contribution in [0.5, 0.6) is 0 Å². The van der Waals surface area contributed by atoms with Crippen LogP contribution in [0.4, 0.5) is 11.5 Å². The van der Waals surface area contributed by atoms with Gasteiger partial charge in [0.25, 0.3) is 11.5 Å². The van der Waals surface area contributed by atoms with Crippen LogP contribution < -0.4 is 16.6 Å². The average Bonchev–Trinajstić information content (AvgIpc) is 2.34. The van der Waals surface area contributed by atoms with E-state index in [2.05, 4.69) is 37.9 Å². The third-order valence-corrected chi connectivity index (χ3v) is 2.88. The minimum absolute atomic E-state index is 0.0160. The Balaban J connectivity index is 2.30. The maximum atomic E-state index is 11.9. The topological polar surface area (TPSA) is 101 Å². The number of nitrogen functional groups attached to an aromatic ring is 1. The van der Waals surface area contributed by atoms with Crippen molar-refractivity contribution >= 4 is 40.0 Å². The summed E-state index contributed by atoms with van der Waals surface area (Å²) in [6, 6.07) is 6.98. The Kier molecular flexibility index (Phi) is 3.60. The molecule has 0 fully saturated rings. The van der Waals surface area contributed by atoms with Crippen molar-refractivity contribution in [2.24, 2.45) is 0 Å². The Labute approximate surface area is 116 Å². The van der Waals surface area contributed by atoms with Gasteiger partial charge in [-0.05, 0) is 40.8 Å². The fourth-order valence-corrected chi connectivity index (χ4v) is 1.89. The first kappa shape index (κ1) is 12.6. The van der Waals surface area contributed by atoms with E-state index < -0.39 is 11.5 Å². The molecule has 0 atom stereocenters. The van der Waals surface area contributed by atoms with Crippen LogP contribution in [0.2, 0.25) is 0 Å². The van der Waals surface area contributed by atoms with Crippen molar-refractivity contribution in [2.75, 3.05) is 11.1 Å². The number of halogens is 1. The number of hydrogen-bond acceptors (Lipinski definition) is 4. The van der Waals surface area contributed by atoms with Gasteiger partial charge < -0.3 is 16.0 Å². The maximum absolute atomic E-state index is 11.9. The summed E-state index contributed by atoms with van der Waals surface area (Å²) in [6.45, 7) is 0. The zero-order chi connectivity index (χ0) is 13.1. The number of nitrogens with zero attached hydrogens (tertiary/aromatic N) is 1. The zero-order valence-corrected chi connectivity index (χ0v) is 11.3. The molecule has 4 N–H and O–H groups in total. The molecule has 6 nitrogen and oxygen atoms in total. The van der Waals surface area contributed by atoms with Crippen LogP contribution in [0.25, 0.3) is 0 Å². The largest absolute Gasteiger partial charge is 0.382 e. The average molecular weight is 356 g/mol. The first-order valence-corrected chi connectivity index (χ1v) is 6.06. The van der Waals surface area contributed by atoms with Crippen LogP contribution in [0.15, 0.2) is 35.4 Å². The molecule has 1 aromatic carbocycles. The molecule has 2 rings (SSSR count). The summed E-state index contributed by atoms with van der Waals surface area (Å²) in [5, 5.41) is 2.45. The number of benzene rings is 1. The molecule has 0 saturated carbocycles. The van der Waals surface area contributed by atoms with Gasteiger partial charge in [-0.15, -0.1) is 0 Å². The number of carbonyl (C=O) groups is 1. The predicted molar refractivity (Wildman–Crippen MR) is 76.4 cm³/mol. The number of nitrogens with two attached hydrogens (primary N) is 1. The quantitative estimate of drug-likeness (QED) is 0.704. The van der Waals surface area contributed by atoms with Crippen LogP contribution in [0.3, 0.4) is 0 Å². The van der Waals surface area contributed by atoms with Crippen molar-refractivity contribution in [2.45, 2.75) is 0 Å². The van der Waals surface area contributed by atoms with E-state index in [1.165, 1.54) is 6.33 Å². The third-order valence-electron chi connectivity index (χ3n) is 2.21. The highest BCUT2D eigenvalue weighted by atomic mass is 127. The standard InChI is InChI=1S/C11H9IN4O2/c12-7-3-1-2-6(4-7)10(17)16-8-9(13)14-5-15-11(8)18/h1-5H,(H,16,17)(H3,13,14,15,18). The van der Waals surface area contributed by atoms with Crippen molar-refractivity contribution in [3.05, 3.63) is 50.1 Å². The summed E-state index contributed by atoms with van der Waals surface area (Å²) in [6.07, 6.45) is 1.18. The summed E-state index contributed by atoms with van der Waals surface area (Å²) in [4.78, 5) is 29.5. The lowest BCUT2D eigenvalue weighted by Gasteiger charge is -2.06. The SMILES string of the molecule is Nc1nc[nH]c(=O)c1NC(=O)c1cccc(I)c1. The Morgan fingerprint density at radius 2 is 2.22 bits per heavy atom. The van der Waals surface area contributed by atoms with Gasteiger partial charge in [0, 0.05) is 9.13 Å². The lowest BCUT2D eigenvalue weighted by Crippen LogP contribution is -2.22. The second kappa shape index (κ2) is 5.17. The van der Waals surface area contributed by atoms with E-state index in [4.69, 9.17) is 5.73 Å². The van der Waals surface area contributed by atoms with Crippen molar-refractivity contribution in [3.8, 4) is 0 Å². The molecular formula is C11H9IN4O2. The first-order chi connectivity index (χ1) is 8.58. The van der Waals surface area contributed by atoms with E-state index in [1.807, 2.05) is 6.07 Å². The smallest absolute Gasteiger partial charge is 0.276 e. The molecule has 0 aliphatic rings.